The second-order valence-electron chi connectivity index (χ2n) is 17.8. The van der Waals surface area contributed by atoms with Crippen LogP contribution >= 0.6 is 0 Å². The molecule has 260 valence electrons. The van der Waals surface area contributed by atoms with E-state index in [9.17, 15) is 44.1 Å². The molecule has 0 amide bonds. The molecular formula is C33H57N4O9+3. The van der Waals surface area contributed by atoms with E-state index >= 15 is 0 Å². The lowest BCUT2D eigenvalue weighted by atomic mass is 9.74. The number of quaternary nitrogens is 3. The molecule has 3 rings (SSSR count). The van der Waals surface area contributed by atoms with Crippen LogP contribution in [-0.2, 0) is 28.8 Å². The second kappa shape index (κ2) is 10.9. The van der Waals surface area contributed by atoms with Crippen LogP contribution in [-0.4, -0.2) is 122 Å². The molecule has 0 bridgehead atoms. The number of hydrogen-bond acceptors (Lipinski definition) is 7. The van der Waals surface area contributed by atoms with Gasteiger partial charge in [0, 0.05) is 0 Å². The summed E-state index contributed by atoms with van der Waals surface area (Å²) >= 11 is 0. The molecule has 3 heterocycles. The van der Waals surface area contributed by atoms with E-state index in [1.165, 1.54) is 0 Å². The van der Waals surface area contributed by atoms with Gasteiger partial charge in [-0.15, -0.1) is 13.8 Å². The van der Waals surface area contributed by atoms with E-state index in [0.29, 0.717) is 0 Å². The zero-order chi connectivity index (χ0) is 35.9. The van der Waals surface area contributed by atoms with Crippen LogP contribution in [0, 0.1) is 0 Å². The van der Waals surface area contributed by atoms with E-state index in [2.05, 4.69) is 0 Å². The third kappa shape index (κ3) is 5.12. The minimum Gasteiger partial charge on any atom is -0.477 e. The van der Waals surface area contributed by atoms with E-state index in [1.54, 1.807) is 83.1 Å². The van der Waals surface area contributed by atoms with Crippen LogP contribution in [0.25, 0.3) is 0 Å². The number of Topliss-reactive ketones (excluding diaryl/α,β-unsaturated/α-hetero) is 3. The van der Waals surface area contributed by atoms with Gasteiger partial charge in [-0.1, -0.05) is 0 Å². The highest BCUT2D eigenvalue weighted by molar-refractivity contribution is 5.82. The number of likely N-dealkylation sites (tertiary alicyclic amines) is 3. The number of carboxylic acid groups (broad SMARTS) is 3. The van der Waals surface area contributed by atoms with E-state index in [4.69, 9.17) is 0 Å². The first kappa shape index (κ1) is 37.7. The van der Waals surface area contributed by atoms with E-state index in [0.717, 1.165) is 0 Å². The summed E-state index contributed by atoms with van der Waals surface area (Å²) in [6.07, 6.45) is -0.334. The van der Waals surface area contributed by atoms with Gasteiger partial charge in [-0.2, -0.15) is 0 Å². The van der Waals surface area contributed by atoms with Gasteiger partial charge < -0.3 is 15.3 Å². The van der Waals surface area contributed by atoms with Gasteiger partial charge in [0.15, 0.2) is 5.23 Å². The van der Waals surface area contributed by atoms with Gasteiger partial charge in [0.1, 0.15) is 50.6 Å². The van der Waals surface area contributed by atoms with Crippen LogP contribution < -0.4 is 0 Å². The molecule has 0 saturated carbocycles. The molecule has 0 aliphatic carbocycles. The smallest absolute Gasteiger partial charge is 0.361 e. The molecule has 0 aromatic carbocycles. The van der Waals surface area contributed by atoms with Gasteiger partial charge in [-0.25, -0.2) is 14.4 Å². The minimum atomic E-state index is -1.22. The van der Waals surface area contributed by atoms with Gasteiger partial charge >= 0.3 is 17.9 Å². The monoisotopic (exact) mass is 653 g/mol. The average Bonchev–Trinajstić information content (AvgIpc) is 2.75. The Kier molecular flexibility index (Phi) is 8.93. The first-order valence-electron chi connectivity index (χ1n) is 16.1. The van der Waals surface area contributed by atoms with Crippen LogP contribution in [0.2, 0.25) is 0 Å². The number of carbonyl (C=O) groups is 6. The number of rotatable bonds is 9. The summed E-state index contributed by atoms with van der Waals surface area (Å²) in [5, 5.41) is 34.4. The fourth-order valence-electron chi connectivity index (χ4n) is 10.6. The Morgan fingerprint density at radius 1 is 0.457 bits per heavy atom. The number of nitrogens with zero attached hydrogens (tertiary/aromatic N) is 4. The molecule has 0 atom stereocenters. The van der Waals surface area contributed by atoms with Crippen LogP contribution in [0.5, 0.6) is 0 Å². The largest absolute Gasteiger partial charge is 0.477 e. The van der Waals surface area contributed by atoms with Crippen molar-refractivity contribution in [2.45, 2.75) is 155 Å². The lowest BCUT2D eigenvalue weighted by Crippen LogP contribution is -3.01. The van der Waals surface area contributed by atoms with Crippen molar-refractivity contribution >= 4 is 35.3 Å². The van der Waals surface area contributed by atoms with Crippen molar-refractivity contribution in [1.82, 2.24) is 5.23 Å². The fourth-order valence-corrected chi connectivity index (χ4v) is 10.6. The van der Waals surface area contributed by atoms with Crippen molar-refractivity contribution in [1.29, 1.82) is 0 Å². The maximum atomic E-state index is 13.5. The van der Waals surface area contributed by atoms with Gasteiger partial charge in [-0.05, 0) is 83.1 Å². The maximum Gasteiger partial charge on any atom is 0.361 e. The molecule has 3 fully saturated rings. The van der Waals surface area contributed by atoms with E-state index in [1.807, 2.05) is 5.23 Å². The zero-order valence-electron chi connectivity index (χ0n) is 29.9. The van der Waals surface area contributed by atoms with Gasteiger partial charge in [-0.3, -0.25) is 14.4 Å². The first-order chi connectivity index (χ1) is 20.4. The number of aliphatic carboxylic acids is 3. The maximum absolute atomic E-state index is 13.5. The molecule has 3 N–H and O–H groups in total. The molecule has 46 heavy (non-hydrogen) atoms. The van der Waals surface area contributed by atoms with Crippen molar-refractivity contribution in [3.8, 4) is 0 Å². The summed E-state index contributed by atoms with van der Waals surface area (Å²) in [5.41, 5.74) is -7.30. The highest BCUT2D eigenvalue weighted by Gasteiger charge is 2.85. The highest BCUT2D eigenvalue weighted by Crippen LogP contribution is 2.61. The van der Waals surface area contributed by atoms with Crippen molar-refractivity contribution in [2.75, 3.05) is 19.6 Å². The number of carbonyl (C=O) groups excluding carboxylic acids is 3. The third-order valence-corrected chi connectivity index (χ3v) is 11.8. The summed E-state index contributed by atoms with van der Waals surface area (Å²) in [7, 11) is 0. The Labute approximate surface area is 272 Å². The molecule has 13 nitrogen and oxygen atoms in total. The molecule has 0 radical (unpaired) electrons. The normalized spacial score (nSPS) is 28.0. The predicted molar refractivity (Wildman–Crippen MR) is 167 cm³/mol. The Bertz CT molecular complexity index is 1140. The molecule has 0 unspecified atom stereocenters. The first-order valence-corrected chi connectivity index (χ1v) is 16.1. The highest BCUT2D eigenvalue weighted by atomic mass is 16.4. The summed E-state index contributed by atoms with van der Waals surface area (Å²) < 4.78 is -1.49. The molecule has 3 aliphatic rings. The summed E-state index contributed by atoms with van der Waals surface area (Å²) in [6.45, 7) is 19.7. The lowest BCUT2D eigenvalue weighted by molar-refractivity contribution is -1.47. The predicted octanol–water partition coefficient (Wildman–Crippen LogP) is 3.50. The van der Waals surface area contributed by atoms with Crippen LogP contribution in [0.15, 0.2) is 0 Å². The van der Waals surface area contributed by atoms with Crippen molar-refractivity contribution in [3.05, 3.63) is 0 Å². The fraction of sp³-hybridized carbons (Fsp3) is 0.818. The number of hydrogen-bond donors (Lipinski definition) is 3. The van der Waals surface area contributed by atoms with E-state index in [-0.39, 0.29) is 55.9 Å². The molecule has 0 spiro atoms. The summed E-state index contributed by atoms with van der Waals surface area (Å²) in [5.74, 6) is -3.92. The van der Waals surface area contributed by atoms with Gasteiger partial charge in [0.2, 0.25) is 19.6 Å². The Morgan fingerprint density at radius 2 is 0.609 bits per heavy atom. The van der Waals surface area contributed by atoms with Crippen molar-refractivity contribution in [3.63, 3.8) is 0 Å². The Balaban J connectivity index is 2.90. The number of piperidine rings is 3. The zero-order valence-corrected chi connectivity index (χ0v) is 29.9. The van der Waals surface area contributed by atoms with Gasteiger partial charge in [0.25, 0.3) is 0 Å². The van der Waals surface area contributed by atoms with E-state index < -0.39 is 84.6 Å². The van der Waals surface area contributed by atoms with Crippen molar-refractivity contribution < 1.29 is 57.9 Å². The van der Waals surface area contributed by atoms with Crippen LogP contribution in [0.3, 0.4) is 0 Å². The number of carboxylic acids is 3. The Hall–Kier alpha value is -2.74. The molecule has 0 aromatic heterocycles. The molecule has 13 heteroatoms. The Morgan fingerprint density at radius 3 is 0.739 bits per heavy atom. The van der Waals surface area contributed by atoms with Crippen LogP contribution in [0.1, 0.15) is 122 Å². The van der Waals surface area contributed by atoms with Crippen LogP contribution in [0.4, 0.5) is 0 Å². The molecule has 3 aliphatic heterocycles. The molecule has 0 aromatic rings. The average molecular weight is 654 g/mol. The standard InChI is InChI=1S/C33H54N4O9/c1-28(2)13-22(38)14-29(3,4)35(28,19-25(41)42)34(36(20-26(43)44)30(5,6)15-23(39)16-31(36,7)8)37(21-27(45)46)32(9,10)17-24(40)18-33(37,11)12/h13-21H2,1-12H3/p+3. The number of ketones is 3. The second-order valence-corrected chi connectivity index (χ2v) is 17.8. The van der Waals surface area contributed by atoms with Gasteiger partial charge in [0.05, 0.1) is 38.5 Å². The summed E-state index contributed by atoms with van der Waals surface area (Å²) in [4.78, 5) is 80.4. The van der Waals surface area contributed by atoms with Crippen molar-refractivity contribution in [2.24, 2.45) is 0 Å². The SMILES string of the molecule is CC1(C)CC(=O)CC(C)(C)[N+]1(CC(=O)O)N([N+]1(CC(=O)O)C(C)(C)CC(=O)CC1(C)C)[N+]1(CC(=O)O)C(C)(C)CC(=O)CC1(C)C. The molecule has 3 saturated heterocycles. The minimum absolute atomic E-state index is 0.0556. The third-order valence-electron chi connectivity index (χ3n) is 11.8. The quantitative estimate of drug-likeness (QED) is 0.314. The summed E-state index contributed by atoms with van der Waals surface area (Å²) in [6, 6.07) is 0. The topological polar surface area (TPSA) is 166 Å². The molecular weight excluding hydrogens is 596 g/mol. The lowest BCUT2D eigenvalue weighted by Gasteiger charge is -2.75.